The zero-order valence-corrected chi connectivity index (χ0v) is 10.7. The third-order valence-electron chi connectivity index (χ3n) is 4.15. The van der Waals surface area contributed by atoms with Crippen LogP contribution < -0.4 is 4.90 Å². The van der Waals surface area contributed by atoms with Gasteiger partial charge in [0, 0.05) is 25.0 Å². The second-order valence-electron chi connectivity index (χ2n) is 5.12. The zero-order valence-electron chi connectivity index (χ0n) is 9.98. The Labute approximate surface area is 107 Å². The number of halogens is 1. The minimum Gasteiger partial charge on any atom is -0.351 e. The van der Waals surface area contributed by atoms with Crippen molar-refractivity contribution in [1.82, 2.24) is 9.97 Å². The van der Waals surface area contributed by atoms with E-state index in [0.717, 1.165) is 18.3 Å². The average molecular weight is 252 g/mol. The molecular formula is C13H18ClN3. The summed E-state index contributed by atoms with van der Waals surface area (Å²) in [4.78, 5) is 11.0. The molecule has 4 heteroatoms. The lowest BCUT2D eigenvalue weighted by atomic mass is 9.78. The first-order valence-electron chi connectivity index (χ1n) is 6.59. The molecule has 2 aliphatic rings. The summed E-state index contributed by atoms with van der Waals surface area (Å²) in [5.74, 6) is 1.74. The van der Waals surface area contributed by atoms with Crippen molar-refractivity contribution in [2.45, 2.75) is 44.6 Å². The Morgan fingerprint density at radius 2 is 1.82 bits per heavy atom. The van der Waals surface area contributed by atoms with E-state index in [2.05, 4.69) is 14.9 Å². The number of nitrogens with zero attached hydrogens (tertiary/aromatic N) is 3. The minimum atomic E-state index is 0.554. The van der Waals surface area contributed by atoms with Crippen LogP contribution in [0.3, 0.4) is 0 Å². The molecule has 1 aromatic heterocycles. The molecule has 1 saturated heterocycles. The van der Waals surface area contributed by atoms with Crippen molar-refractivity contribution in [3.05, 3.63) is 17.5 Å². The van der Waals surface area contributed by atoms with Crippen LogP contribution in [0.25, 0.3) is 0 Å². The summed E-state index contributed by atoms with van der Waals surface area (Å²) in [6, 6.07) is 0.645. The van der Waals surface area contributed by atoms with Crippen LogP contribution in [-0.4, -0.2) is 22.6 Å². The van der Waals surface area contributed by atoms with Crippen LogP contribution in [0.1, 0.15) is 38.5 Å². The molecular weight excluding hydrogens is 234 g/mol. The van der Waals surface area contributed by atoms with Crippen LogP contribution in [0.2, 0.25) is 5.15 Å². The molecule has 0 spiro atoms. The second kappa shape index (κ2) is 4.81. The first-order chi connectivity index (χ1) is 8.36. The summed E-state index contributed by atoms with van der Waals surface area (Å²) in [6.45, 7) is 1.08. The highest BCUT2D eigenvalue weighted by molar-refractivity contribution is 6.31. The Kier molecular flexibility index (Phi) is 3.19. The first-order valence-corrected chi connectivity index (χ1v) is 6.97. The van der Waals surface area contributed by atoms with Crippen LogP contribution in [0, 0.1) is 5.92 Å². The van der Waals surface area contributed by atoms with Gasteiger partial charge in [0.05, 0.1) is 0 Å². The Bertz CT molecular complexity index is 394. The summed E-state index contributed by atoms with van der Waals surface area (Å²) in [5, 5.41) is 0.554. The Morgan fingerprint density at radius 3 is 2.71 bits per heavy atom. The van der Waals surface area contributed by atoms with Gasteiger partial charge in [-0.1, -0.05) is 24.4 Å². The molecule has 0 radical (unpaired) electrons. The molecule has 0 aromatic carbocycles. The van der Waals surface area contributed by atoms with Gasteiger partial charge in [0.2, 0.25) is 0 Å². The maximum Gasteiger partial charge on any atom is 0.171 e. The van der Waals surface area contributed by atoms with E-state index < -0.39 is 0 Å². The highest BCUT2D eigenvalue weighted by Gasteiger charge is 2.34. The fourth-order valence-electron chi connectivity index (χ4n) is 3.39. The summed E-state index contributed by atoms with van der Waals surface area (Å²) in [5.41, 5.74) is 0. The maximum absolute atomic E-state index is 6.17. The van der Waals surface area contributed by atoms with Crippen LogP contribution in [0.15, 0.2) is 12.4 Å². The van der Waals surface area contributed by atoms with Gasteiger partial charge in [0.1, 0.15) is 0 Å². The Balaban J connectivity index is 1.88. The normalized spacial score (nSPS) is 28.9. The summed E-state index contributed by atoms with van der Waals surface area (Å²) < 4.78 is 0. The predicted octanol–water partition coefficient (Wildman–Crippen LogP) is 3.29. The van der Waals surface area contributed by atoms with Gasteiger partial charge in [0.25, 0.3) is 0 Å². The molecule has 2 atom stereocenters. The largest absolute Gasteiger partial charge is 0.351 e. The quantitative estimate of drug-likeness (QED) is 0.767. The van der Waals surface area contributed by atoms with Crippen LogP contribution in [0.5, 0.6) is 0 Å². The number of piperidine rings is 1. The van der Waals surface area contributed by atoms with E-state index in [1.165, 1.54) is 38.5 Å². The van der Waals surface area contributed by atoms with Gasteiger partial charge >= 0.3 is 0 Å². The van der Waals surface area contributed by atoms with Crippen molar-refractivity contribution in [2.75, 3.05) is 11.4 Å². The number of hydrogen-bond donors (Lipinski definition) is 0. The third-order valence-corrected chi connectivity index (χ3v) is 4.42. The summed E-state index contributed by atoms with van der Waals surface area (Å²) in [6.07, 6.45) is 11.4. The lowest BCUT2D eigenvalue weighted by molar-refractivity contribution is 0.242. The van der Waals surface area contributed by atoms with E-state index in [1.54, 1.807) is 12.4 Å². The van der Waals surface area contributed by atoms with Gasteiger partial charge in [-0.25, -0.2) is 9.97 Å². The Morgan fingerprint density at radius 1 is 1.06 bits per heavy atom. The predicted molar refractivity (Wildman–Crippen MR) is 69.4 cm³/mol. The molecule has 17 heavy (non-hydrogen) atoms. The fraction of sp³-hybridized carbons (Fsp3) is 0.692. The monoisotopic (exact) mass is 251 g/mol. The molecule has 2 fully saturated rings. The van der Waals surface area contributed by atoms with E-state index in [0.29, 0.717) is 11.2 Å². The van der Waals surface area contributed by atoms with Crippen molar-refractivity contribution in [3.63, 3.8) is 0 Å². The minimum absolute atomic E-state index is 0.554. The van der Waals surface area contributed by atoms with Gasteiger partial charge in [-0.05, 0) is 31.6 Å². The molecule has 0 bridgehead atoms. The van der Waals surface area contributed by atoms with E-state index in [4.69, 9.17) is 11.6 Å². The molecule has 1 aliphatic heterocycles. The molecule has 0 amide bonds. The highest BCUT2D eigenvalue weighted by Crippen LogP contribution is 2.38. The SMILES string of the molecule is Clc1nccnc1N1CCCC2CCCCC21. The molecule has 0 N–H and O–H groups in total. The zero-order chi connectivity index (χ0) is 11.7. The van der Waals surface area contributed by atoms with Gasteiger partial charge in [-0.3, -0.25) is 0 Å². The topological polar surface area (TPSA) is 29.0 Å². The molecule has 3 nitrogen and oxygen atoms in total. The van der Waals surface area contributed by atoms with Gasteiger partial charge < -0.3 is 4.90 Å². The first kappa shape index (κ1) is 11.3. The number of rotatable bonds is 1. The van der Waals surface area contributed by atoms with E-state index in [9.17, 15) is 0 Å². The Hall–Kier alpha value is -0.830. The number of aromatic nitrogens is 2. The molecule has 3 rings (SSSR count). The third kappa shape index (κ3) is 2.13. The maximum atomic E-state index is 6.17. The average Bonchev–Trinajstić information content (AvgIpc) is 2.39. The van der Waals surface area contributed by atoms with E-state index in [-0.39, 0.29) is 0 Å². The molecule has 2 heterocycles. The number of fused-ring (bicyclic) bond motifs is 1. The fourth-order valence-corrected chi connectivity index (χ4v) is 3.61. The van der Waals surface area contributed by atoms with E-state index in [1.807, 2.05) is 0 Å². The van der Waals surface area contributed by atoms with Crippen LogP contribution >= 0.6 is 11.6 Å². The van der Waals surface area contributed by atoms with Crippen molar-refractivity contribution in [2.24, 2.45) is 5.92 Å². The van der Waals surface area contributed by atoms with Crippen molar-refractivity contribution in [3.8, 4) is 0 Å². The standard InChI is InChI=1S/C13H18ClN3/c14-12-13(16-8-7-15-12)17-9-3-5-10-4-1-2-6-11(10)17/h7-8,10-11H,1-6,9H2. The molecule has 1 saturated carbocycles. The second-order valence-corrected chi connectivity index (χ2v) is 5.48. The molecule has 2 unspecified atom stereocenters. The van der Waals surface area contributed by atoms with Crippen LogP contribution in [-0.2, 0) is 0 Å². The van der Waals surface area contributed by atoms with Gasteiger partial charge in [-0.2, -0.15) is 0 Å². The van der Waals surface area contributed by atoms with Crippen molar-refractivity contribution in [1.29, 1.82) is 0 Å². The summed E-state index contributed by atoms with van der Waals surface area (Å²) >= 11 is 6.17. The van der Waals surface area contributed by atoms with Crippen molar-refractivity contribution < 1.29 is 0 Å². The lowest BCUT2D eigenvalue weighted by Gasteiger charge is -2.44. The van der Waals surface area contributed by atoms with Gasteiger partial charge in [-0.15, -0.1) is 0 Å². The van der Waals surface area contributed by atoms with Crippen LogP contribution in [0.4, 0.5) is 5.82 Å². The smallest absolute Gasteiger partial charge is 0.171 e. The summed E-state index contributed by atoms with van der Waals surface area (Å²) in [7, 11) is 0. The molecule has 1 aromatic rings. The molecule has 1 aliphatic carbocycles. The number of anilines is 1. The highest BCUT2D eigenvalue weighted by atomic mass is 35.5. The van der Waals surface area contributed by atoms with E-state index >= 15 is 0 Å². The van der Waals surface area contributed by atoms with Crippen molar-refractivity contribution >= 4 is 17.4 Å². The molecule has 92 valence electrons. The lowest BCUT2D eigenvalue weighted by Crippen LogP contribution is -2.47. The van der Waals surface area contributed by atoms with Gasteiger partial charge in [0.15, 0.2) is 11.0 Å². The number of hydrogen-bond acceptors (Lipinski definition) is 3.